The molecule has 5 atom stereocenters. The Balaban J connectivity index is 1.32. The number of ether oxygens (including phenoxy) is 2. The predicted molar refractivity (Wildman–Crippen MR) is 123 cm³/mol. The van der Waals surface area contributed by atoms with Crippen LogP contribution in [0.5, 0.6) is 6.01 Å². The van der Waals surface area contributed by atoms with Gasteiger partial charge in [0.05, 0.1) is 19.3 Å². The first-order valence-corrected chi connectivity index (χ1v) is 12.0. The van der Waals surface area contributed by atoms with Gasteiger partial charge in [-0.2, -0.15) is 9.97 Å². The van der Waals surface area contributed by atoms with E-state index < -0.39 is 5.82 Å². The van der Waals surface area contributed by atoms with Gasteiger partial charge in [-0.3, -0.25) is 0 Å². The largest absolute Gasteiger partial charge is 0.463 e. The van der Waals surface area contributed by atoms with Crippen LogP contribution in [0.25, 0.3) is 10.9 Å². The van der Waals surface area contributed by atoms with E-state index in [4.69, 9.17) is 26.1 Å². The molecule has 174 valence electrons. The Hall–Kier alpha value is -1.74. The molecule has 2 N–H and O–H groups in total. The smallest absolute Gasteiger partial charge is 0.319 e. The maximum Gasteiger partial charge on any atom is 0.319 e. The molecule has 5 rings (SSSR count). The van der Waals surface area contributed by atoms with Crippen molar-refractivity contribution in [1.29, 1.82) is 0 Å². The summed E-state index contributed by atoms with van der Waals surface area (Å²) in [7, 11) is 0. The molecule has 0 amide bonds. The Morgan fingerprint density at radius 3 is 2.72 bits per heavy atom. The van der Waals surface area contributed by atoms with Crippen LogP contribution in [0, 0.1) is 5.82 Å². The van der Waals surface area contributed by atoms with Gasteiger partial charge in [0.2, 0.25) is 0 Å². The molecule has 1 aromatic carbocycles. The highest BCUT2D eigenvalue weighted by Gasteiger charge is 2.34. The Labute approximate surface area is 193 Å². The fraction of sp³-hybridized carbons (Fsp3) is 0.652. The second-order valence-corrected chi connectivity index (χ2v) is 9.81. The standard InChI is InChI=1S/C23H31ClFN5O2/c1-13-12-32-20(14(2)26-13)4-3-7-31-23-28-21-18(8-15(24)9-19(21)25)22(29-23)30-10-16-5-6-17(11-30)27-16/h8-9,13-14,16-17,20,26-27H,3-7,10-12H2,1-2H3/t13-,14-,16-,17+,20?/m0/s1. The number of aromatic nitrogens is 2. The quantitative estimate of drug-likeness (QED) is 0.637. The van der Waals surface area contributed by atoms with E-state index >= 15 is 0 Å². The topological polar surface area (TPSA) is 71.5 Å². The first kappa shape index (κ1) is 22.1. The maximum absolute atomic E-state index is 14.8. The van der Waals surface area contributed by atoms with Crippen molar-refractivity contribution in [2.24, 2.45) is 0 Å². The molecule has 3 fully saturated rings. The van der Waals surface area contributed by atoms with Crippen molar-refractivity contribution in [3.63, 3.8) is 0 Å². The minimum absolute atomic E-state index is 0.166. The van der Waals surface area contributed by atoms with Crippen molar-refractivity contribution >= 4 is 28.3 Å². The third-order valence-corrected chi connectivity index (χ3v) is 6.94. The monoisotopic (exact) mass is 463 g/mol. The van der Waals surface area contributed by atoms with Gasteiger partial charge < -0.3 is 25.0 Å². The van der Waals surface area contributed by atoms with Crippen LogP contribution in [0.2, 0.25) is 5.02 Å². The first-order valence-electron chi connectivity index (χ1n) is 11.6. The van der Waals surface area contributed by atoms with Crippen LogP contribution in [0.1, 0.15) is 39.5 Å². The predicted octanol–water partition coefficient (Wildman–Crippen LogP) is 3.29. The minimum Gasteiger partial charge on any atom is -0.463 e. The molecule has 0 aliphatic carbocycles. The number of hydrogen-bond donors (Lipinski definition) is 2. The van der Waals surface area contributed by atoms with Gasteiger partial charge >= 0.3 is 6.01 Å². The molecule has 3 saturated heterocycles. The van der Waals surface area contributed by atoms with Crippen LogP contribution < -0.4 is 20.3 Å². The van der Waals surface area contributed by atoms with Crippen LogP contribution in [-0.2, 0) is 4.74 Å². The van der Waals surface area contributed by atoms with Crippen LogP contribution in [0.15, 0.2) is 12.1 Å². The van der Waals surface area contributed by atoms with Gasteiger partial charge in [0.25, 0.3) is 0 Å². The van der Waals surface area contributed by atoms with Crippen molar-refractivity contribution in [2.45, 2.75) is 69.8 Å². The lowest BCUT2D eigenvalue weighted by atomic mass is 10.0. The van der Waals surface area contributed by atoms with Crippen molar-refractivity contribution in [3.05, 3.63) is 23.0 Å². The minimum atomic E-state index is -0.455. The molecule has 0 spiro atoms. The summed E-state index contributed by atoms with van der Waals surface area (Å²) < 4.78 is 26.6. The van der Waals surface area contributed by atoms with Gasteiger partial charge in [-0.05, 0) is 51.7 Å². The molecule has 4 heterocycles. The zero-order valence-electron chi connectivity index (χ0n) is 18.6. The third-order valence-electron chi connectivity index (χ3n) is 6.72. The van der Waals surface area contributed by atoms with E-state index in [0.717, 1.165) is 45.4 Å². The molecular formula is C23H31ClFN5O2. The molecule has 3 aliphatic heterocycles. The Morgan fingerprint density at radius 2 is 1.97 bits per heavy atom. The molecule has 0 saturated carbocycles. The van der Waals surface area contributed by atoms with Gasteiger partial charge in [-0.15, -0.1) is 0 Å². The summed E-state index contributed by atoms with van der Waals surface area (Å²) in [5.74, 6) is 0.246. The van der Waals surface area contributed by atoms with Crippen LogP contribution >= 0.6 is 11.6 Å². The summed E-state index contributed by atoms with van der Waals surface area (Å²) in [5.41, 5.74) is 0.253. The van der Waals surface area contributed by atoms with Gasteiger partial charge in [-0.1, -0.05) is 11.6 Å². The van der Waals surface area contributed by atoms with E-state index in [1.54, 1.807) is 6.07 Å². The van der Waals surface area contributed by atoms with E-state index in [0.29, 0.717) is 47.0 Å². The summed E-state index contributed by atoms with van der Waals surface area (Å²) in [6.45, 7) is 7.11. The normalized spacial score (nSPS) is 30.1. The van der Waals surface area contributed by atoms with Gasteiger partial charge in [-0.25, -0.2) is 4.39 Å². The van der Waals surface area contributed by atoms with Gasteiger partial charge in [0, 0.05) is 47.7 Å². The molecule has 9 heteroatoms. The number of anilines is 1. The summed E-state index contributed by atoms with van der Waals surface area (Å²) >= 11 is 6.17. The van der Waals surface area contributed by atoms with E-state index in [2.05, 4.69) is 34.4 Å². The highest BCUT2D eigenvalue weighted by molar-refractivity contribution is 6.31. The Bertz CT molecular complexity index is 967. The van der Waals surface area contributed by atoms with Crippen molar-refractivity contribution in [3.8, 4) is 6.01 Å². The summed E-state index contributed by atoms with van der Waals surface area (Å²) in [5, 5.41) is 8.12. The number of fused-ring (bicyclic) bond motifs is 3. The lowest BCUT2D eigenvalue weighted by molar-refractivity contribution is -0.0255. The van der Waals surface area contributed by atoms with Crippen molar-refractivity contribution in [2.75, 3.05) is 31.2 Å². The Kier molecular flexibility index (Phi) is 6.38. The third kappa shape index (κ3) is 4.64. The lowest BCUT2D eigenvalue weighted by Crippen LogP contribution is -2.51. The van der Waals surface area contributed by atoms with E-state index in [1.165, 1.54) is 6.07 Å². The van der Waals surface area contributed by atoms with Crippen LogP contribution in [-0.4, -0.2) is 66.5 Å². The zero-order valence-corrected chi connectivity index (χ0v) is 19.4. The molecule has 0 radical (unpaired) electrons. The second-order valence-electron chi connectivity index (χ2n) is 9.38. The zero-order chi connectivity index (χ0) is 22.2. The molecule has 32 heavy (non-hydrogen) atoms. The number of benzene rings is 1. The van der Waals surface area contributed by atoms with Crippen LogP contribution in [0.3, 0.4) is 0 Å². The maximum atomic E-state index is 14.8. The van der Waals surface area contributed by atoms with Crippen molar-refractivity contribution < 1.29 is 13.9 Å². The number of nitrogens with one attached hydrogen (secondary N) is 2. The highest BCUT2D eigenvalue weighted by atomic mass is 35.5. The Morgan fingerprint density at radius 1 is 1.19 bits per heavy atom. The molecule has 7 nitrogen and oxygen atoms in total. The van der Waals surface area contributed by atoms with E-state index in [-0.39, 0.29) is 17.6 Å². The second kappa shape index (κ2) is 9.25. The molecule has 1 aromatic heterocycles. The highest BCUT2D eigenvalue weighted by Crippen LogP contribution is 2.33. The average molecular weight is 464 g/mol. The molecular weight excluding hydrogens is 433 g/mol. The number of rotatable bonds is 6. The van der Waals surface area contributed by atoms with Gasteiger partial charge in [0.1, 0.15) is 11.3 Å². The summed E-state index contributed by atoms with van der Waals surface area (Å²) in [6, 6.07) is 4.81. The number of nitrogens with zero attached hydrogens (tertiary/aromatic N) is 3. The van der Waals surface area contributed by atoms with Gasteiger partial charge in [0.15, 0.2) is 5.82 Å². The van der Waals surface area contributed by atoms with Crippen molar-refractivity contribution in [1.82, 2.24) is 20.6 Å². The first-order chi connectivity index (χ1) is 15.5. The van der Waals surface area contributed by atoms with Crippen LogP contribution in [0.4, 0.5) is 10.2 Å². The van der Waals surface area contributed by atoms with E-state index in [1.807, 2.05) is 0 Å². The number of piperazine rings is 1. The number of hydrogen-bond acceptors (Lipinski definition) is 7. The molecule has 3 aliphatic rings. The fourth-order valence-corrected chi connectivity index (χ4v) is 5.40. The summed E-state index contributed by atoms with van der Waals surface area (Å²) in [4.78, 5) is 11.3. The SMILES string of the molecule is C[C@@H]1N[C@@H](C)COC1CCCOc1nc(N2C[C@H]3CC[C@@H](C2)N3)c2cc(Cl)cc(F)c2n1. The fourth-order valence-electron chi connectivity index (χ4n) is 5.19. The van der Waals surface area contributed by atoms with E-state index in [9.17, 15) is 4.39 Å². The number of halogens is 2. The number of morpholine rings is 1. The summed E-state index contributed by atoms with van der Waals surface area (Å²) in [6.07, 6.45) is 4.16. The molecule has 2 aromatic rings. The molecule has 2 bridgehead atoms. The average Bonchev–Trinajstić information content (AvgIpc) is 3.09. The molecule has 1 unspecified atom stereocenters. The lowest BCUT2D eigenvalue weighted by Gasteiger charge is -2.34.